The summed E-state index contributed by atoms with van der Waals surface area (Å²) in [5.74, 6) is 0.467. The Morgan fingerprint density at radius 3 is 1.95 bits per heavy atom. The van der Waals surface area contributed by atoms with Gasteiger partial charge in [0.25, 0.3) is 0 Å². The highest BCUT2D eigenvalue weighted by Crippen LogP contribution is 2.73. The van der Waals surface area contributed by atoms with E-state index in [1.807, 2.05) is 30.3 Å². The number of allylic oxidation sites excluding steroid dienone is 2. The van der Waals surface area contributed by atoms with Crippen molar-refractivity contribution in [1.29, 1.82) is 0 Å². The van der Waals surface area contributed by atoms with Crippen LogP contribution in [0.25, 0.3) is 0 Å². The van der Waals surface area contributed by atoms with Crippen molar-refractivity contribution in [2.75, 3.05) is 4.90 Å². The van der Waals surface area contributed by atoms with E-state index in [0.29, 0.717) is 11.8 Å². The lowest BCUT2D eigenvalue weighted by Crippen LogP contribution is -2.34. The first-order valence-corrected chi connectivity index (χ1v) is 7.35. The molecule has 1 aliphatic heterocycles. The van der Waals surface area contributed by atoms with Gasteiger partial charge in [-0.1, -0.05) is 30.4 Å². The van der Waals surface area contributed by atoms with E-state index in [1.165, 1.54) is 17.7 Å². The molecule has 3 nitrogen and oxygen atoms in total. The predicted molar refractivity (Wildman–Crippen MR) is 73.7 cm³/mol. The molecule has 4 atom stereocenters. The number of benzene rings is 1. The van der Waals surface area contributed by atoms with Crippen LogP contribution >= 0.6 is 0 Å². The first kappa shape index (κ1) is 10.8. The van der Waals surface area contributed by atoms with Crippen LogP contribution in [-0.4, -0.2) is 11.8 Å². The first-order valence-electron chi connectivity index (χ1n) is 7.35. The molecule has 4 aliphatic rings. The zero-order valence-corrected chi connectivity index (χ0v) is 11.0. The van der Waals surface area contributed by atoms with Gasteiger partial charge >= 0.3 is 0 Å². The zero-order chi connectivity index (χ0) is 13.5. The number of nitrogens with zero attached hydrogens (tertiary/aromatic N) is 1. The zero-order valence-electron chi connectivity index (χ0n) is 11.0. The van der Waals surface area contributed by atoms with Crippen molar-refractivity contribution in [1.82, 2.24) is 0 Å². The summed E-state index contributed by atoms with van der Waals surface area (Å²) in [5, 5.41) is 0. The molecule has 2 amide bonds. The van der Waals surface area contributed by atoms with Crippen molar-refractivity contribution >= 4 is 17.5 Å². The topological polar surface area (TPSA) is 37.4 Å². The monoisotopic (exact) mass is 265 g/mol. The second-order valence-corrected chi connectivity index (χ2v) is 6.57. The fraction of sp³-hybridized carbons (Fsp3) is 0.412. The van der Waals surface area contributed by atoms with E-state index >= 15 is 0 Å². The molecule has 0 radical (unpaired) electrons. The maximum absolute atomic E-state index is 12.8. The minimum Gasteiger partial charge on any atom is -0.274 e. The van der Waals surface area contributed by atoms with E-state index in [4.69, 9.17) is 0 Å². The minimum absolute atomic E-state index is 0.0225. The van der Waals surface area contributed by atoms with Crippen molar-refractivity contribution in [2.45, 2.75) is 12.8 Å². The van der Waals surface area contributed by atoms with Crippen molar-refractivity contribution in [3.63, 3.8) is 0 Å². The molecule has 3 fully saturated rings. The van der Waals surface area contributed by atoms with Gasteiger partial charge in [0.15, 0.2) is 0 Å². The summed E-state index contributed by atoms with van der Waals surface area (Å²) < 4.78 is 0. The van der Waals surface area contributed by atoms with Gasteiger partial charge in [-0.05, 0) is 42.2 Å². The van der Waals surface area contributed by atoms with Gasteiger partial charge in [0.05, 0.1) is 17.5 Å². The summed E-state index contributed by atoms with van der Waals surface area (Å²) in [5.41, 5.74) is 1.00. The Bertz CT molecular complexity index is 625. The lowest BCUT2D eigenvalue weighted by atomic mass is 9.85. The van der Waals surface area contributed by atoms with Crippen LogP contribution in [0.4, 0.5) is 5.69 Å². The molecule has 3 aliphatic carbocycles. The fourth-order valence-electron chi connectivity index (χ4n) is 4.91. The van der Waals surface area contributed by atoms with Gasteiger partial charge in [-0.2, -0.15) is 0 Å². The highest BCUT2D eigenvalue weighted by molar-refractivity contribution is 6.23. The van der Waals surface area contributed by atoms with Crippen LogP contribution in [0.1, 0.15) is 12.8 Å². The van der Waals surface area contributed by atoms with Crippen LogP contribution in [0, 0.1) is 29.1 Å². The summed E-state index contributed by atoms with van der Waals surface area (Å²) in [6.07, 6.45) is 6.79. The Labute approximate surface area is 117 Å². The standard InChI is InChI=1S/C17H15NO2/c19-15-13-11-6-7-12(17(11)8-9-17)14(13)16(20)18(15)10-4-2-1-3-5-10/h1-7,11-14H,8-9H2/t11-,12+,13-,14-/m0/s1. The maximum atomic E-state index is 12.8. The summed E-state index contributed by atoms with van der Waals surface area (Å²) >= 11 is 0. The molecule has 1 aromatic rings. The Morgan fingerprint density at radius 1 is 0.900 bits per heavy atom. The number of para-hydroxylation sites is 1. The number of rotatable bonds is 1. The number of carbonyl (C=O) groups is 2. The third-order valence-electron chi connectivity index (χ3n) is 5.87. The van der Waals surface area contributed by atoms with Crippen LogP contribution < -0.4 is 4.90 Å². The van der Waals surface area contributed by atoms with Crippen LogP contribution in [0.3, 0.4) is 0 Å². The molecule has 5 rings (SSSR count). The molecule has 0 N–H and O–H groups in total. The van der Waals surface area contributed by atoms with Gasteiger partial charge < -0.3 is 0 Å². The second-order valence-electron chi connectivity index (χ2n) is 6.57. The van der Waals surface area contributed by atoms with E-state index in [1.54, 1.807) is 0 Å². The van der Waals surface area contributed by atoms with E-state index in [-0.39, 0.29) is 29.1 Å². The SMILES string of the molecule is O=C1[C@@H]2[C@@H](C(=O)N1c1ccccc1)[C@@H]1C=C[C@H]2C12CC2. The number of fused-ring (bicyclic) bond motifs is 3. The molecular weight excluding hydrogens is 250 g/mol. The van der Waals surface area contributed by atoms with Crippen LogP contribution in [-0.2, 0) is 9.59 Å². The number of hydrogen-bond donors (Lipinski definition) is 0. The Hall–Kier alpha value is -1.90. The smallest absolute Gasteiger partial charge is 0.238 e. The highest BCUT2D eigenvalue weighted by Gasteiger charge is 2.73. The molecule has 1 heterocycles. The number of carbonyl (C=O) groups excluding carboxylic acids is 2. The van der Waals surface area contributed by atoms with Crippen molar-refractivity contribution in [3.8, 4) is 0 Å². The third kappa shape index (κ3) is 1.02. The van der Waals surface area contributed by atoms with Crippen molar-refractivity contribution in [2.24, 2.45) is 29.1 Å². The van der Waals surface area contributed by atoms with E-state index in [2.05, 4.69) is 12.2 Å². The Balaban J connectivity index is 1.60. The van der Waals surface area contributed by atoms with E-state index in [0.717, 1.165) is 5.69 Å². The van der Waals surface area contributed by atoms with Gasteiger partial charge in [0.1, 0.15) is 0 Å². The van der Waals surface area contributed by atoms with Gasteiger partial charge in [0.2, 0.25) is 11.8 Å². The average Bonchev–Trinajstić information content (AvgIpc) is 3.06. The van der Waals surface area contributed by atoms with E-state index < -0.39 is 0 Å². The van der Waals surface area contributed by atoms with Crippen molar-refractivity contribution in [3.05, 3.63) is 42.5 Å². The largest absolute Gasteiger partial charge is 0.274 e. The van der Waals surface area contributed by atoms with Crippen LogP contribution in [0.15, 0.2) is 42.5 Å². The molecule has 0 aromatic heterocycles. The maximum Gasteiger partial charge on any atom is 0.238 e. The summed E-state index contributed by atoms with van der Waals surface area (Å²) in [6.45, 7) is 0. The predicted octanol–water partition coefficient (Wildman–Crippen LogP) is 2.39. The van der Waals surface area contributed by atoms with Crippen molar-refractivity contribution < 1.29 is 9.59 Å². The number of imide groups is 1. The molecule has 1 spiro atoms. The minimum atomic E-state index is -0.0970. The van der Waals surface area contributed by atoms with Gasteiger partial charge in [-0.25, -0.2) is 0 Å². The normalized spacial score (nSPS) is 38.9. The lowest BCUT2D eigenvalue weighted by molar-refractivity contribution is -0.123. The molecule has 0 unspecified atom stereocenters. The Morgan fingerprint density at radius 2 is 1.45 bits per heavy atom. The fourth-order valence-corrected chi connectivity index (χ4v) is 4.91. The Kier molecular flexibility index (Phi) is 1.74. The third-order valence-corrected chi connectivity index (χ3v) is 5.87. The second kappa shape index (κ2) is 3.22. The molecule has 1 aromatic carbocycles. The van der Waals surface area contributed by atoms with Crippen LogP contribution in [0.2, 0.25) is 0 Å². The summed E-state index contributed by atoms with van der Waals surface area (Å²) in [4.78, 5) is 27.0. The number of amides is 2. The quantitative estimate of drug-likeness (QED) is 0.577. The van der Waals surface area contributed by atoms with Crippen LogP contribution in [0.5, 0.6) is 0 Å². The lowest BCUT2D eigenvalue weighted by Gasteiger charge is -2.21. The summed E-state index contributed by atoms with van der Waals surface area (Å²) in [7, 11) is 0. The molecule has 2 bridgehead atoms. The van der Waals surface area contributed by atoms with Gasteiger partial charge in [-0.15, -0.1) is 0 Å². The molecule has 2 saturated carbocycles. The molecule has 100 valence electrons. The highest BCUT2D eigenvalue weighted by atomic mass is 16.2. The number of anilines is 1. The summed E-state index contributed by atoms with van der Waals surface area (Å²) in [6, 6.07) is 9.34. The molecule has 20 heavy (non-hydrogen) atoms. The molecule has 3 heteroatoms. The van der Waals surface area contributed by atoms with Gasteiger partial charge in [0, 0.05) is 0 Å². The van der Waals surface area contributed by atoms with E-state index in [9.17, 15) is 9.59 Å². The van der Waals surface area contributed by atoms with Gasteiger partial charge in [-0.3, -0.25) is 14.5 Å². The first-order chi connectivity index (χ1) is 9.74. The average molecular weight is 265 g/mol. The molecule has 1 saturated heterocycles. The number of hydrogen-bond acceptors (Lipinski definition) is 2. The molecular formula is C17H15NO2.